The Kier molecular flexibility index (Phi) is 46.7. The van der Waals surface area contributed by atoms with E-state index in [2.05, 4.69) is 55.6 Å². The highest BCUT2D eigenvalue weighted by Gasteiger charge is 2.18. The van der Waals surface area contributed by atoms with E-state index in [0.717, 1.165) is 83.5 Å². The van der Waals surface area contributed by atoms with Crippen LogP contribution in [-0.4, -0.2) is 47.4 Å². The van der Waals surface area contributed by atoms with Gasteiger partial charge in [0.1, 0.15) is 0 Å². The Labute approximate surface area is 366 Å². The summed E-state index contributed by atoms with van der Waals surface area (Å²) in [5.41, 5.74) is 0. The summed E-state index contributed by atoms with van der Waals surface area (Å²) >= 11 is 0. The van der Waals surface area contributed by atoms with Gasteiger partial charge in [0.15, 0.2) is 0 Å². The van der Waals surface area contributed by atoms with Crippen LogP contribution in [0.15, 0.2) is 48.6 Å². The number of nitrogens with one attached hydrogen (secondary N) is 1. The van der Waals surface area contributed by atoms with Crippen molar-refractivity contribution in [2.24, 2.45) is 0 Å². The first kappa shape index (κ1) is 56.8. The van der Waals surface area contributed by atoms with Crippen molar-refractivity contribution >= 4 is 11.9 Å². The van der Waals surface area contributed by atoms with Gasteiger partial charge in [-0.2, -0.15) is 0 Å². The quantitative estimate of drug-likeness (QED) is 0.0323. The lowest BCUT2D eigenvalue weighted by Gasteiger charge is -2.20. The van der Waals surface area contributed by atoms with E-state index in [4.69, 9.17) is 4.74 Å². The molecule has 0 aliphatic rings. The monoisotopic (exact) mass is 828 g/mol. The molecular formula is C53H97NO5. The normalized spacial score (nSPS) is 13.1. The molecule has 1 amide bonds. The first-order chi connectivity index (χ1) is 29.0. The third-order valence-corrected chi connectivity index (χ3v) is 11.3. The average molecular weight is 828 g/mol. The van der Waals surface area contributed by atoms with Crippen molar-refractivity contribution in [1.82, 2.24) is 5.32 Å². The number of rotatable bonds is 46. The van der Waals surface area contributed by atoms with Crippen LogP contribution < -0.4 is 5.32 Å². The van der Waals surface area contributed by atoms with Crippen LogP contribution >= 0.6 is 0 Å². The van der Waals surface area contributed by atoms with Gasteiger partial charge in [0.25, 0.3) is 0 Å². The number of hydrogen-bond donors (Lipinski definition) is 3. The molecule has 59 heavy (non-hydrogen) atoms. The number of unbranched alkanes of at least 4 members (excludes halogenated alkanes) is 29. The van der Waals surface area contributed by atoms with Gasteiger partial charge in [0.05, 0.1) is 25.4 Å². The molecule has 2 atom stereocenters. The van der Waals surface area contributed by atoms with Crippen LogP contribution in [0.4, 0.5) is 0 Å². The second-order valence-electron chi connectivity index (χ2n) is 17.1. The maximum atomic E-state index is 12.4. The van der Waals surface area contributed by atoms with Crippen LogP contribution in [0.25, 0.3) is 0 Å². The second kappa shape index (κ2) is 48.5. The number of hydrogen-bond acceptors (Lipinski definition) is 5. The first-order valence-corrected chi connectivity index (χ1v) is 25.4. The minimum atomic E-state index is -0.854. The topological polar surface area (TPSA) is 95.9 Å². The summed E-state index contributed by atoms with van der Waals surface area (Å²) in [5, 5.41) is 22.9. The number of carbonyl (C=O) groups excluding carboxylic acids is 2. The van der Waals surface area contributed by atoms with Gasteiger partial charge < -0.3 is 20.3 Å². The first-order valence-electron chi connectivity index (χ1n) is 25.4. The number of amides is 1. The molecule has 0 radical (unpaired) electrons. The highest BCUT2D eigenvalue weighted by atomic mass is 16.5. The minimum absolute atomic E-state index is 0.0256. The fourth-order valence-corrected chi connectivity index (χ4v) is 7.36. The summed E-state index contributed by atoms with van der Waals surface area (Å²) in [6, 6.07) is -0.639. The van der Waals surface area contributed by atoms with Gasteiger partial charge in [-0.15, -0.1) is 0 Å². The molecule has 0 heterocycles. The third-order valence-electron chi connectivity index (χ3n) is 11.3. The molecule has 0 spiro atoms. The van der Waals surface area contributed by atoms with Gasteiger partial charge in [-0.05, 0) is 96.3 Å². The van der Waals surface area contributed by atoms with Crippen LogP contribution in [0, 0.1) is 0 Å². The average Bonchev–Trinajstić information content (AvgIpc) is 3.24. The largest absolute Gasteiger partial charge is 0.466 e. The van der Waals surface area contributed by atoms with Gasteiger partial charge in [-0.25, -0.2) is 0 Å². The molecule has 0 aliphatic heterocycles. The molecule has 6 heteroatoms. The van der Waals surface area contributed by atoms with Gasteiger partial charge >= 0.3 is 5.97 Å². The van der Waals surface area contributed by atoms with Crippen LogP contribution in [0.2, 0.25) is 0 Å². The fraction of sp³-hybridized carbons (Fsp3) is 0.811. The zero-order chi connectivity index (χ0) is 43.0. The van der Waals surface area contributed by atoms with E-state index in [1.165, 1.54) is 141 Å². The van der Waals surface area contributed by atoms with Crippen molar-refractivity contribution < 1.29 is 24.5 Å². The van der Waals surface area contributed by atoms with Crippen molar-refractivity contribution in [3.8, 4) is 0 Å². The van der Waals surface area contributed by atoms with Crippen LogP contribution in [-0.2, 0) is 14.3 Å². The third kappa shape index (κ3) is 45.2. The molecular weight excluding hydrogens is 731 g/mol. The molecule has 0 saturated heterocycles. The molecule has 0 aromatic rings. The summed E-state index contributed by atoms with van der Waals surface area (Å²) in [5.74, 6) is -0.113. The van der Waals surface area contributed by atoms with Crippen molar-refractivity contribution in [2.75, 3.05) is 13.2 Å². The lowest BCUT2D eigenvalue weighted by atomic mass is 10.1. The van der Waals surface area contributed by atoms with Crippen LogP contribution in [0.3, 0.4) is 0 Å². The molecule has 3 N–H and O–H groups in total. The van der Waals surface area contributed by atoms with E-state index in [1.54, 1.807) is 6.08 Å². The standard InChI is InChI=1S/C53H97NO5/c1-3-5-7-9-11-13-15-16-20-24-27-31-35-39-43-47-53(58)59-48-44-40-36-32-28-25-22-19-17-18-21-23-26-30-34-38-42-46-52(57)54-50(49-55)51(56)45-41-37-33-29-14-12-10-8-6-4-2/h16-17,19-20,25,28,41,45,50-51,55-56H,3-15,18,21-24,26-27,29-40,42-44,46-49H2,1-2H3,(H,54,57)/b19-17-,20-16-,28-25-,45-41+. The minimum Gasteiger partial charge on any atom is -0.466 e. The molecule has 0 rings (SSSR count). The number of carbonyl (C=O) groups is 2. The van der Waals surface area contributed by atoms with Crippen LogP contribution in [0.1, 0.15) is 251 Å². The van der Waals surface area contributed by atoms with E-state index in [-0.39, 0.29) is 18.5 Å². The predicted molar refractivity (Wildman–Crippen MR) is 255 cm³/mol. The molecule has 0 bridgehead atoms. The molecule has 6 nitrogen and oxygen atoms in total. The van der Waals surface area contributed by atoms with E-state index in [9.17, 15) is 19.8 Å². The van der Waals surface area contributed by atoms with Crippen molar-refractivity contribution in [3.63, 3.8) is 0 Å². The Hall–Kier alpha value is -2.18. The highest BCUT2D eigenvalue weighted by molar-refractivity contribution is 5.76. The predicted octanol–water partition coefficient (Wildman–Crippen LogP) is 15.1. The van der Waals surface area contributed by atoms with E-state index in [0.29, 0.717) is 19.4 Å². The molecule has 0 aromatic carbocycles. The van der Waals surface area contributed by atoms with Gasteiger partial charge in [0, 0.05) is 12.8 Å². The van der Waals surface area contributed by atoms with Crippen molar-refractivity contribution in [2.45, 2.75) is 264 Å². The zero-order valence-corrected chi connectivity index (χ0v) is 39.0. The second-order valence-corrected chi connectivity index (χ2v) is 17.1. The summed E-state index contributed by atoms with van der Waals surface area (Å²) in [6.07, 6.45) is 59.7. The number of aliphatic hydroxyl groups excluding tert-OH is 2. The Morgan fingerprint density at radius 2 is 0.847 bits per heavy atom. The number of ether oxygens (including phenoxy) is 1. The lowest BCUT2D eigenvalue weighted by molar-refractivity contribution is -0.143. The number of aliphatic hydroxyl groups is 2. The molecule has 344 valence electrons. The summed E-state index contributed by atoms with van der Waals surface area (Å²) < 4.78 is 5.44. The number of esters is 1. The summed E-state index contributed by atoms with van der Waals surface area (Å²) in [4.78, 5) is 24.4. The Bertz CT molecular complexity index is 1000. The smallest absolute Gasteiger partial charge is 0.305 e. The molecule has 2 unspecified atom stereocenters. The van der Waals surface area contributed by atoms with Gasteiger partial charge in [-0.1, -0.05) is 191 Å². The Balaban J connectivity index is 3.52. The molecule has 0 aliphatic carbocycles. The van der Waals surface area contributed by atoms with E-state index >= 15 is 0 Å². The van der Waals surface area contributed by atoms with E-state index < -0.39 is 12.1 Å². The maximum Gasteiger partial charge on any atom is 0.305 e. The van der Waals surface area contributed by atoms with E-state index in [1.807, 2.05) is 6.08 Å². The van der Waals surface area contributed by atoms with Crippen LogP contribution in [0.5, 0.6) is 0 Å². The Morgan fingerprint density at radius 1 is 0.475 bits per heavy atom. The number of allylic oxidation sites excluding steroid dienone is 7. The zero-order valence-electron chi connectivity index (χ0n) is 39.0. The molecule has 0 saturated carbocycles. The van der Waals surface area contributed by atoms with Crippen molar-refractivity contribution in [3.05, 3.63) is 48.6 Å². The molecule has 0 aromatic heterocycles. The summed E-state index contributed by atoms with van der Waals surface area (Å²) in [6.45, 7) is 4.81. The maximum absolute atomic E-state index is 12.4. The van der Waals surface area contributed by atoms with Gasteiger partial charge in [0.2, 0.25) is 5.91 Å². The van der Waals surface area contributed by atoms with Gasteiger partial charge in [-0.3, -0.25) is 9.59 Å². The van der Waals surface area contributed by atoms with Crippen molar-refractivity contribution in [1.29, 1.82) is 0 Å². The summed E-state index contributed by atoms with van der Waals surface area (Å²) in [7, 11) is 0. The molecule has 0 fully saturated rings. The Morgan fingerprint density at radius 3 is 1.31 bits per heavy atom. The highest BCUT2D eigenvalue weighted by Crippen LogP contribution is 2.14. The SMILES string of the molecule is CCCCCCCC/C=C\CCCCCCCC(=O)OCCCCC/C=C\C/C=C\CCCCCCCCCC(=O)NC(CO)C(O)/C=C/CCCCCCCCCC. The fourth-order valence-electron chi connectivity index (χ4n) is 7.36. The lowest BCUT2D eigenvalue weighted by Crippen LogP contribution is -2.45.